The average molecular weight is 720 g/mol. The van der Waals surface area contributed by atoms with E-state index >= 15 is 4.57 Å². The van der Waals surface area contributed by atoms with Crippen LogP contribution in [0.25, 0.3) is 55.3 Å². The van der Waals surface area contributed by atoms with E-state index in [0.717, 1.165) is 60.8 Å². The Morgan fingerprint density at radius 3 is 1.39 bits per heavy atom. The highest BCUT2D eigenvalue weighted by atomic mass is 31.2. The number of benzene rings is 6. The third-order valence-corrected chi connectivity index (χ3v) is 13.1. The molecule has 10 rings (SSSR count). The Kier molecular flexibility index (Phi) is 7.46. The lowest BCUT2D eigenvalue weighted by atomic mass is 10.2. The largest absolute Gasteiger partial charge is 0.294 e. The van der Waals surface area contributed by atoms with Gasteiger partial charge < -0.3 is 0 Å². The lowest BCUT2D eigenvalue weighted by Gasteiger charge is -2.39. The first-order valence-electron chi connectivity index (χ1n) is 17.9. The summed E-state index contributed by atoms with van der Waals surface area (Å²) < 4.78 is 22.8. The average Bonchev–Trinajstić information content (AvgIpc) is 3.75. The molecule has 0 fully saturated rings. The predicted molar refractivity (Wildman–Crippen MR) is 221 cm³/mol. The van der Waals surface area contributed by atoms with Crippen molar-refractivity contribution in [3.8, 4) is 5.82 Å². The molecule has 0 saturated heterocycles. The Morgan fingerprint density at radius 1 is 0.500 bits per heavy atom. The van der Waals surface area contributed by atoms with E-state index in [1.54, 1.807) is 0 Å². The number of nitrogens with one attached hydrogen (secondary N) is 1. The summed E-state index contributed by atoms with van der Waals surface area (Å²) in [6.07, 6.45) is 3.96. The van der Waals surface area contributed by atoms with Crippen LogP contribution in [0.15, 0.2) is 187 Å². The molecule has 6 aromatic carbocycles. The van der Waals surface area contributed by atoms with Gasteiger partial charge in [-0.3, -0.25) is 28.8 Å². The molecule has 0 spiro atoms. The topological polar surface area (TPSA) is 71.2 Å². The first-order chi connectivity index (χ1) is 26.6. The molecule has 3 aromatic heterocycles. The first kappa shape index (κ1) is 31.8. The van der Waals surface area contributed by atoms with Crippen molar-refractivity contribution in [1.82, 2.24) is 29.8 Å². The van der Waals surface area contributed by atoms with Gasteiger partial charge in [-0.25, -0.2) is 0 Å². The Hall–Kier alpha value is -6.89. The second kappa shape index (κ2) is 12.7. The SMILES string of the molecule is CN1NC(n2c3ccccc3c3ccccc32)=CC=C1P(=O)(c1ccc(-n2c3ccccc3c3ccccc32)nn1)N(c1ccccc1)c1ccccc1. The number of allylic oxidation sites excluding steroid dienone is 2. The molecule has 0 radical (unpaired) electrons. The summed E-state index contributed by atoms with van der Waals surface area (Å²) in [6, 6.07) is 56.9. The molecule has 4 heterocycles. The van der Waals surface area contributed by atoms with Crippen LogP contribution < -0.4 is 15.5 Å². The zero-order valence-electron chi connectivity index (χ0n) is 29.4. The van der Waals surface area contributed by atoms with Gasteiger partial charge in [0.15, 0.2) is 5.82 Å². The third kappa shape index (κ3) is 4.88. The highest BCUT2D eigenvalue weighted by molar-refractivity contribution is 7.77. The molecule has 9 aromatic rings. The molecule has 1 N–H and O–H groups in total. The van der Waals surface area contributed by atoms with Crippen molar-refractivity contribution in [3.63, 3.8) is 0 Å². The van der Waals surface area contributed by atoms with Gasteiger partial charge in [0.2, 0.25) is 0 Å². The minimum Gasteiger partial charge on any atom is -0.294 e. The highest BCUT2D eigenvalue weighted by Gasteiger charge is 2.43. The van der Waals surface area contributed by atoms with Gasteiger partial charge in [0.05, 0.1) is 22.1 Å². The van der Waals surface area contributed by atoms with Crippen LogP contribution in [-0.4, -0.2) is 31.4 Å². The van der Waals surface area contributed by atoms with Crippen LogP contribution in [0.4, 0.5) is 11.4 Å². The van der Waals surface area contributed by atoms with E-state index in [4.69, 9.17) is 10.2 Å². The summed E-state index contributed by atoms with van der Waals surface area (Å²) in [5, 5.41) is 16.1. The number of aromatic nitrogens is 4. The van der Waals surface area contributed by atoms with E-state index < -0.39 is 7.29 Å². The van der Waals surface area contributed by atoms with Crippen LogP contribution in [0.1, 0.15) is 0 Å². The number of anilines is 2. The van der Waals surface area contributed by atoms with Gasteiger partial charge in [-0.2, -0.15) is 0 Å². The molecule has 260 valence electrons. The Labute approximate surface area is 311 Å². The molecule has 0 amide bonds. The summed E-state index contributed by atoms with van der Waals surface area (Å²) in [5.41, 5.74) is 10.3. The molecule has 1 aliphatic rings. The Morgan fingerprint density at radius 2 is 0.944 bits per heavy atom. The van der Waals surface area contributed by atoms with Crippen molar-refractivity contribution in [1.29, 1.82) is 0 Å². The van der Waals surface area contributed by atoms with Gasteiger partial charge >= 0.3 is 0 Å². The minimum atomic E-state index is -3.83. The van der Waals surface area contributed by atoms with Crippen molar-refractivity contribution in [2.45, 2.75) is 0 Å². The molecule has 9 heteroatoms. The molecule has 0 aliphatic carbocycles. The predicted octanol–water partition coefficient (Wildman–Crippen LogP) is 10.2. The summed E-state index contributed by atoms with van der Waals surface area (Å²) in [6.45, 7) is 0. The summed E-state index contributed by atoms with van der Waals surface area (Å²) in [5.74, 6) is 1.48. The van der Waals surface area contributed by atoms with Crippen LogP contribution in [0.3, 0.4) is 0 Å². The van der Waals surface area contributed by atoms with Crippen molar-refractivity contribution < 1.29 is 4.57 Å². The van der Waals surface area contributed by atoms with Crippen molar-refractivity contribution in [2.24, 2.45) is 0 Å². The molecular weight excluding hydrogens is 686 g/mol. The lowest BCUT2D eigenvalue weighted by molar-refractivity contribution is 0.369. The normalized spacial score (nSPS) is 14.2. The molecule has 0 saturated carbocycles. The molecule has 1 atom stereocenters. The monoisotopic (exact) mass is 719 g/mol. The third-order valence-electron chi connectivity index (χ3n) is 10.2. The molecule has 1 unspecified atom stereocenters. The van der Waals surface area contributed by atoms with Gasteiger partial charge in [0, 0.05) is 40.0 Å². The Balaban J connectivity index is 1.18. The van der Waals surface area contributed by atoms with Gasteiger partial charge in [-0.15, -0.1) is 10.2 Å². The molecule has 8 nitrogen and oxygen atoms in total. The van der Waals surface area contributed by atoms with Crippen molar-refractivity contribution in [3.05, 3.63) is 187 Å². The van der Waals surface area contributed by atoms with E-state index in [2.05, 4.69) is 99.5 Å². The standard InChI is InChI=1S/C45H34N7OP/c1-49-45(31-29-43(48-49)51-40-26-14-10-22-36(40)37-23-11-15-27-41(37)51)54(53,52(32-16-4-2-5-17-32)33-18-6-3-7-19-33)44-30-28-42(46-47-44)50-38-24-12-8-20-34(38)35-21-9-13-25-39(35)50/h2-31,48H,1H3. The van der Waals surface area contributed by atoms with Crippen LogP contribution in [-0.2, 0) is 4.57 Å². The second-order valence-electron chi connectivity index (χ2n) is 13.3. The maximum atomic E-state index is 16.6. The maximum absolute atomic E-state index is 16.6. The number of hydrogen-bond donors (Lipinski definition) is 1. The van der Waals surface area contributed by atoms with E-state index in [9.17, 15) is 0 Å². The fraction of sp³-hybridized carbons (Fsp3) is 0.0222. The van der Waals surface area contributed by atoms with Crippen LogP contribution in [0, 0.1) is 0 Å². The Bertz CT molecular complexity index is 2820. The van der Waals surface area contributed by atoms with Gasteiger partial charge in [0.25, 0.3) is 7.29 Å². The van der Waals surface area contributed by atoms with E-state index in [1.807, 2.05) is 114 Å². The zero-order chi connectivity index (χ0) is 36.2. The van der Waals surface area contributed by atoms with E-state index in [0.29, 0.717) is 16.7 Å². The second-order valence-corrected chi connectivity index (χ2v) is 15.8. The minimum absolute atomic E-state index is 0.355. The highest BCUT2D eigenvalue weighted by Crippen LogP contribution is 2.61. The van der Waals surface area contributed by atoms with E-state index in [-0.39, 0.29) is 0 Å². The number of hydrogen-bond acceptors (Lipinski definition) is 5. The quantitative estimate of drug-likeness (QED) is 0.165. The lowest BCUT2D eigenvalue weighted by Crippen LogP contribution is -2.40. The zero-order valence-corrected chi connectivity index (χ0v) is 30.3. The molecule has 54 heavy (non-hydrogen) atoms. The number of fused-ring (bicyclic) bond motifs is 6. The van der Waals surface area contributed by atoms with Crippen LogP contribution in [0.5, 0.6) is 0 Å². The fourth-order valence-electron chi connectivity index (χ4n) is 7.85. The smallest absolute Gasteiger partial charge is 0.270 e. The summed E-state index contributed by atoms with van der Waals surface area (Å²) in [7, 11) is -1.92. The molecular formula is C45H34N7OP. The first-order valence-corrected chi connectivity index (χ1v) is 19.5. The number of nitrogens with zero attached hydrogens (tertiary/aromatic N) is 6. The molecule has 1 aliphatic heterocycles. The summed E-state index contributed by atoms with van der Waals surface area (Å²) in [4.78, 5) is 0. The number of rotatable bonds is 7. The molecule has 0 bridgehead atoms. The summed E-state index contributed by atoms with van der Waals surface area (Å²) >= 11 is 0. The van der Waals surface area contributed by atoms with Gasteiger partial charge in [0.1, 0.15) is 16.7 Å². The fourth-order valence-corrected chi connectivity index (χ4v) is 10.6. The van der Waals surface area contributed by atoms with Gasteiger partial charge in [-0.1, -0.05) is 109 Å². The van der Waals surface area contributed by atoms with Crippen LogP contribution >= 0.6 is 7.29 Å². The van der Waals surface area contributed by atoms with Crippen LogP contribution in [0.2, 0.25) is 0 Å². The van der Waals surface area contributed by atoms with Crippen molar-refractivity contribution in [2.75, 3.05) is 11.7 Å². The van der Waals surface area contributed by atoms with E-state index in [1.165, 1.54) is 0 Å². The number of hydrazine groups is 1. The van der Waals surface area contributed by atoms with Crippen molar-refractivity contribution >= 4 is 73.5 Å². The maximum Gasteiger partial charge on any atom is 0.270 e. The number of para-hydroxylation sites is 6. The van der Waals surface area contributed by atoms with Gasteiger partial charge in [-0.05, 0) is 72.8 Å².